The molecule has 266 valence electrons. The Morgan fingerprint density at radius 1 is 0.585 bits per heavy atom. The van der Waals surface area contributed by atoms with Gasteiger partial charge in [0, 0.05) is 33.9 Å². The molecule has 0 aliphatic heterocycles. The number of nitrogens with zero attached hydrogens (tertiary/aromatic N) is 5. The van der Waals surface area contributed by atoms with Crippen molar-refractivity contribution in [2.24, 2.45) is 0 Å². The predicted molar refractivity (Wildman–Crippen MR) is 174 cm³/mol. The van der Waals surface area contributed by atoms with Crippen LogP contribution in [0.5, 0.6) is 0 Å². The smallest absolute Gasteiger partial charge is 0.238 e. The van der Waals surface area contributed by atoms with Gasteiger partial charge in [0.2, 0.25) is 0 Å². The number of nitriles is 2. The molecule has 0 radical (unpaired) electrons. The summed E-state index contributed by atoms with van der Waals surface area (Å²) in [4.78, 5) is 9.40. The van der Waals surface area contributed by atoms with Gasteiger partial charge in [-0.2, -0.15) is 20.2 Å². The Labute approximate surface area is 297 Å². The van der Waals surface area contributed by atoms with Crippen molar-refractivity contribution >= 4 is 11.5 Å². The number of benzene rings is 3. The second-order valence-corrected chi connectivity index (χ2v) is 12.1. The largest absolute Gasteiger partial charge is 0.512 e. The summed E-state index contributed by atoms with van der Waals surface area (Å²) >= 11 is 0. The highest BCUT2D eigenvalue weighted by Gasteiger charge is 2.41. The molecule has 0 atom stereocenters. The lowest BCUT2D eigenvalue weighted by Crippen LogP contribution is -2.26. The maximum Gasteiger partial charge on any atom is 0.512 e. The minimum atomic E-state index is -2.04. The summed E-state index contributed by atoms with van der Waals surface area (Å²) in [5.41, 5.74) is -11.4. The van der Waals surface area contributed by atoms with Crippen LogP contribution in [0.15, 0.2) is 22.5 Å². The van der Waals surface area contributed by atoms with Crippen LogP contribution in [-0.4, -0.2) is 0 Å². The van der Waals surface area contributed by atoms with E-state index < -0.39 is 161 Å². The van der Waals surface area contributed by atoms with Gasteiger partial charge in [0.1, 0.15) is 36.7 Å². The van der Waals surface area contributed by atoms with E-state index in [-0.39, 0.29) is 12.8 Å². The van der Waals surface area contributed by atoms with Crippen molar-refractivity contribution in [1.29, 1.82) is 10.5 Å². The Balaban J connectivity index is 2.18. The van der Waals surface area contributed by atoms with Gasteiger partial charge in [-0.1, -0.05) is 26.7 Å². The fraction of sp³-hybridized carbons (Fsp3) is 0.256. The summed E-state index contributed by atoms with van der Waals surface area (Å²) in [7, 11) is 0. The van der Waals surface area contributed by atoms with Crippen LogP contribution in [0.25, 0.3) is 48.3 Å². The Morgan fingerprint density at radius 3 is 1.36 bits per heavy atom. The highest BCUT2D eigenvalue weighted by molar-refractivity contribution is 5.93. The zero-order valence-corrected chi connectivity index (χ0v) is 27.8. The monoisotopic (exact) mass is 731 g/mol. The number of hydrogen-bond acceptors (Lipinski definition) is 2. The van der Waals surface area contributed by atoms with Crippen LogP contribution in [-0.2, 0) is 25.7 Å². The zero-order chi connectivity index (χ0) is 39.0. The minimum absolute atomic E-state index is 0.0994. The van der Waals surface area contributed by atoms with Crippen molar-refractivity contribution in [2.45, 2.75) is 65.2 Å². The predicted octanol–water partition coefficient (Wildman–Crippen LogP) is 9.43. The van der Waals surface area contributed by atoms with Crippen molar-refractivity contribution in [2.75, 3.05) is 0 Å². The maximum atomic E-state index is 16.8. The van der Waals surface area contributed by atoms with Gasteiger partial charge in [0.25, 0.3) is 0 Å². The lowest BCUT2D eigenvalue weighted by atomic mass is 9.85. The first-order valence-electron chi connectivity index (χ1n) is 16.0. The van der Waals surface area contributed by atoms with Crippen molar-refractivity contribution in [1.82, 2.24) is 0 Å². The lowest BCUT2D eigenvalue weighted by molar-refractivity contribution is 0.440. The molecule has 0 saturated heterocycles. The number of rotatable bonds is 8. The molecule has 5 nitrogen and oxygen atoms in total. The average molecular weight is 732 g/mol. The van der Waals surface area contributed by atoms with Crippen molar-refractivity contribution in [3.63, 3.8) is 0 Å². The van der Waals surface area contributed by atoms with E-state index >= 15 is 39.5 Å². The fourth-order valence-electron chi connectivity index (χ4n) is 6.84. The van der Waals surface area contributed by atoms with Crippen LogP contribution < -0.4 is 10.4 Å². The molecule has 14 heteroatoms. The SMILES string of the molecule is [C-]#[N+]C([N+]#[C-])=C1Cc2c(-c3c(F)c(F)c(CCCC)c(F)c3F)c3c(c(-c4c(F)c(F)c(CCCC)c(F)c4F)c2=C1[N+]#[C-])CC(=C(C#N)C#N)C=3F. The van der Waals surface area contributed by atoms with Gasteiger partial charge in [0.05, 0.1) is 23.3 Å². The Bertz CT molecular complexity index is 2490. The van der Waals surface area contributed by atoms with E-state index in [0.717, 1.165) is 0 Å². The van der Waals surface area contributed by atoms with Gasteiger partial charge >= 0.3 is 5.82 Å². The molecule has 0 heterocycles. The molecule has 53 heavy (non-hydrogen) atoms. The number of hydrogen-bond donors (Lipinski definition) is 0. The standard InChI is InChI=1S/C39H22F9N5/c1-6-8-10-17-30(41)34(45)27(35(46)31(17)42)23-21-13-22(39(52-4)53-5)38(51-3)26(21)24(20-12-19(16(14-49)15-50)29(40)25(20)23)28-36(47)32(43)18(11-9-7-2)33(44)37(28)48/h6-13H2,1-2H3. The first kappa shape index (κ1) is 37.9. The van der Waals surface area contributed by atoms with E-state index in [1.807, 2.05) is 0 Å². The molecule has 0 bridgehead atoms. The van der Waals surface area contributed by atoms with Crippen LogP contribution >= 0.6 is 0 Å². The second kappa shape index (κ2) is 14.7. The lowest BCUT2D eigenvalue weighted by Gasteiger charge is -2.20. The first-order valence-corrected chi connectivity index (χ1v) is 16.0. The van der Waals surface area contributed by atoms with Crippen molar-refractivity contribution < 1.29 is 39.5 Å². The van der Waals surface area contributed by atoms with Crippen molar-refractivity contribution in [3.05, 3.63) is 136 Å². The molecule has 5 rings (SSSR count). The van der Waals surface area contributed by atoms with Gasteiger partial charge in [-0.15, -0.1) is 0 Å². The number of unbranched alkanes of at least 4 members (excludes halogenated alkanes) is 2. The van der Waals surface area contributed by atoms with Crippen LogP contribution in [0.4, 0.5) is 39.5 Å². The first-order chi connectivity index (χ1) is 25.3. The fourth-order valence-corrected chi connectivity index (χ4v) is 6.84. The topological polar surface area (TPSA) is 60.7 Å². The van der Waals surface area contributed by atoms with Gasteiger partial charge in [-0.3, -0.25) is 0 Å². The van der Waals surface area contributed by atoms with Crippen LogP contribution in [0.1, 0.15) is 61.8 Å². The molecule has 0 N–H and O–H groups in total. The third-order valence-corrected chi connectivity index (χ3v) is 9.31. The highest BCUT2D eigenvalue weighted by Crippen LogP contribution is 2.44. The molecule has 3 aromatic carbocycles. The van der Waals surface area contributed by atoms with E-state index in [1.54, 1.807) is 13.8 Å². The van der Waals surface area contributed by atoms with Gasteiger partial charge < -0.3 is 0 Å². The Morgan fingerprint density at radius 2 is 0.981 bits per heavy atom. The molecule has 0 fully saturated rings. The van der Waals surface area contributed by atoms with Crippen LogP contribution in [0, 0.1) is 88.9 Å². The third kappa shape index (κ3) is 5.70. The number of fused-ring (bicyclic) bond motifs is 2. The molecule has 0 saturated carbocycles. The summed E-state index contributed by atoms with van der Waals surface area (Å²) in [5.74, 6) is -18.0. The van der Waals surface area contributed by atoms with Gasteiger partial charge in [-0.25, -0.2) is 44.4 Å². The summed E-state index contributed by atoms with van der Waals surface area (Å²) in [6.45, 7) is 26.2. The Kier molecular flexibility index (Phi) is 10.6. The van der Waals surface area contributed by atoms with E-state index in [2.05, 4.69) is 14.5 Å². The summed E-state index contributed by atoms with van der Waals surface area (Å²) in [6, 6.07) is 2.84. The Hall–Kier alpha value is -6.30. The van der Waals surface area contributed by atoms with E-state index in [9.17, 15) is 10.5 Å². The third-order valence-electron chi connectivity index (χ3n) is 9.31. The summed E-state index contributed by atoms with van der Waals surface area (Å²) < 4.78 is 144. The molecule has 3 aromatic rings. The molecule has 2 aliphatic rings. The van der Waals surface area contributed by atoms with Crippen molar-refractivity contribution in [3.8, 4) is 34.4 Å². The van der Waals surface area contributed by atoms with Gasteiger partial charge in [-0.05, 0) is 54.0 Å². The quantitative estimate of drug-likeness (QED) is 0.100. The van der Waals surface area contributed by atoms with Crippen LogP contribution in [0.3, 0.4) is 0 Å². The molecule has 0 amide bonds. The van der Waals surface area contributed by atoms with E-state index in [0.29, 0.717) is 12.8 Å². The molecular formula is C39H22F9N5. The zero-order valence-electron chi connectivity index (χ0n) is 27.8. The summed E-state index contributed by atoms with van der Waals surface area (Å²) in [6.07, 6.45) is -1.85. The minimum Gasteiger partial charge on any atom is -0.238 e. The second-order valence-electron chi connectivity index (χ2n) is 12.1. The van der Waals surface area contributed by atoms with Crippen LogP contribution in [0.2, 0.25) is 0 Å². The van der Waals surface area contributed by atoms with Gasteiger partial charge in [0.15, 0.2) is 52.2 Å². The molecule has 0 unspecified atom stereocenters. The average Bonchev–Trinajstić information content (AvgIpc) is 3.69. The molecule has 0 spiro atoms. The normalized spacial score (nSPS) is 12.9. The maximum absolute atomic E-state index is 16.8. The molecule has 0 aromatic heterocycles. The molecular weight excluding hydrogens is 709 g/mol. The number of halogens is 9. The number of allylic oxidation sites excluding steroid dienone is 2. The van der Waals surface area contributed by atoms with E-state index in [1.165, 1.54) is 12.1 Å². The van der Waals surface area contributed by atoms with E-state index in [4.69, 9.17) is 19.7 Å². The molecule has 2 aliphatic carbocycles. The summed E-state index contributed by atoms with van der Waals surface area (Å²) in [5, 5.41) is 17.4. The highest BCUT2D eigenvalue weighted by atomic mass is 19.2.